The molecule has 0 amide bonds. The van der Waals surface area contributed by atoms with Crippen LogP contribution in [0.3, 0.4) is 0 Å². The smallest absolute Gasteiger partial charge is 0.122 e. The van der Waals surface area contributed by atoms with E-state index in [9.17, 15) is 0 Å². The molecule has 22 heavy (non-hydrogen) atoms. The van der Waals surface area contributed by atoms with Gasteiger partial charge in [-0.15, -0.1) is 12.4 Å². The molecule has 0 unspecified atom stereocenters. The molecule has 0 bridgehead atoms. The van der Waals surface area contributed by atoms with E-state index < -0.39 is 0 Å². The maximum Gasteiger partial charge on any atom is 0.122 e. The van der Waals surface area contributed by atoms with Crippen LogP contribution in [0.2, 0.25) is 0 Å². The summed E-state index contributed by atoms with van der Waals surface area (Å²) in [6, 6.07) is 7.33. The fourth-order valence-corrected chi connectivity index (χ4v) is 3.17. The van der Waals surface area contributed by atoms with Crippen molar-refractivity contribution in [2.24, 2.45) is 5.92 Å². The molecule has 1 aromatic rings. The third-order valence-electron chi connectivity index (χ3n) is 4.86. The molecule has 1 saturated heterocycles. The molecule has 0 atom stereocenters. The monoisotopic (exact) mass is 324 g/mol. The van der Waals surface area contributed by atoms with Gasteiger partial charge in [-0.1, -0.05) is 12.1 Å². The molecule has 0 radical (unpaired) electrons. The van der Waals surface area contributed by atoms with Crippen molar-refractivity contribution >= 4 is 12.4 Å². The number of rotatable bonds is 6. The maximum absolute atomic E-state index is 5.42. The maximum atomic E-state index is 5.42. The predicted octanol–water partition coefficient (Wildman–Crippen LogP) is 3.39. The highest BCUT2D eigenvalue weighted by Gasteiger charge is 2.24. The van der Waals surface area contributed by atoms with Crippen molar-refractivity contribution in [2.75, 3.05) is 26.7 Å². The molecule has 4 heteroatoms. The number of hydrogen-bond acceptors (Lipinski definition) is 3. The average Bonchev–Trinajstić information content (AvgIpc) is 3.33. The van der Waals surface area contributed by atoms with Gasteiger partial charge in [-0.05, 0) is 75.4 Å². The van der Waals surface area contributed by atoms with Crippen molar-refractivity contribution in [1.82, 2.24) is 10.2 Å². The molecule has 1 N–H and O–H groups in total. The van der Waals surface area contributed by atoms with E-state index in [0.717, 1.165) is 24.3 Å². The van der Waals surface area contributed by atoms with E-state index >= 15 is 0 Å². The Morgan fingerprint density at radius 2 is 1.91 bits per heavy atom. The summed E-state index contributed by atoms with van der Waals surface area (Å²) in [5, 5.41) is 3.75. The van der Waals surface area contributed by atoms with Gasteiger partial charge >= 0.3 is 0 Å². The van der Waals surface area contributed by atoms with Crippen LogP contribution in [0, 0.1) is 12.8 Å². The van der Waals surface area contributed by atoms with Gasteiger partial charge in [0.1, 0.15) is 5.75 Å². The Morgan fingerprint density at radius 3 is 2.55 bits per heavy atom. The van der Waals surface area contributed by atoms with E-state index in [4.69, 9.17) is 4.74 Å². The number of likely N-dealkylation sites (tertiary alicyclic amines) is 1. The fraction of sp³-hybridized carbons (Fsp3) is 0.667. The van der Waals surface area contributed by atoms with Gasteiger partial charge in [0.05, 0.1) is 7.11 Å². The summed E-state index contributed by atoms with van der Waals surface area (Å²) in [5.41, 5.74) is 2.58. The van der Waals surface area contributed by atoms with Crippen molar-refractivity contribution in [3.63, 3.8) is 0 Å². The molecule has 3 nitrogen and oxygen atoms in total. The minimum Gasteiger partial charge on any atom is -0.496 e. The van der Waals surface area contributed by atoms with Crippen LogP contribution in [-0.2, 0) is 6.54 Å². The summed E-state index contributed by atoms with van der Waals surface area (Å²) in [6.45, 7) is 6.81. The molecule has 2 fully saturated rings. The van der Waals surface area contributed by atoms with Gasteiger partial charge in [0, 0.05) is 12.6 Å². The Kier molecular flexibility index (Phi) is 6.54. The first-order valence-corrected chi connectivity index (χ1v) is 8.34. The lowest BCUT2D eigenvalue weighted by Crippen LogP contribution is -2.42. The topological polar surface area (TPSA) is 24.5 Å². The van der Waals surface area contributed by atoms with Crippen molar-refractivity contribution in [3.8, 4) is 5.75 Å². The van der Waals surface area contributed by atoms with E-state index in [0.29, 0.717) is 0 Å². The quantitative estimate of drug-likeness (QED) is 0.868. The number of nitrogens with one attached hydrogen (secondary N) is 1. The number of nitrogens with zero attached hydrogens (tertiary/aromatic N) is 1. The Hall–Kier alpha value is -0.770. The van der Waals surface area contributed by atoms with Crippen LogP contribution in [0.25, 0.3) is 0 Å². The first kappa shape index (κ1) is 17.6. The summed E-state index contributed by atoms with van der Waals surface area (Å²) in [6.07, 6.45) is 5.47. The lowest BCUT2D eigenvalue weighted by atomic mass is 10.0. The summed E-state index contributed by atoms with van der Waals surface area (Å²) < 4.78 is 5.42. The largest absolute Gasteiger partial charge is 0.496 e. The van der Waals surface area contributed by atoms with Crippen LogP contribution < -0.4 is 10.1 Å². The molecule has 1 heterocycles. The molecule has 2 aliphatic rings. The number of aryl methyl sites for hydroxylation is 1. The average molecular weight is 325 g/mol. The van der Waals surface area contributed by atoms with Gasteiger partial charge in [0.15, 0.2) is 0 Å². The fourth-order valence-electron chi connectivity index (χ4n) is 3.17. The zero-order chi connectivity index (χ0) is 14.7. The van der Waals surface area contributed by atoms with Crippen LogP contribution in [0.4, 0.5) is 0 Å². The summed E-state index contributed by atoms with van der Waals surface area (Å²) in [4.78, 5) is 2.57. The molecule has 3 rings (SSSR count). The number of hydrogen-bond donors (Lipinski definition) is 1. The number of piperidine rings is 1. The highest BCUT2D eigenvalue weighted by Crippen LogP contribution is 2.28. The Labute approximate surface area is 140 Å². The van der Waals surface area contributed by atoms with Crippen molar-refractivity contribution in [1.29, 1.82) is 0 Å². The van der Waals surface area contributed by atoms with Crippen molar-refractivity contribution in [2.45, 2.75) is 45.2 Å². The number of benzene rings is 1. The highest BCUT2D eigenvalue weighted by atomic mass is 35.5. The molecule has 1 aromatic carbocycles. The zero-order valence-corrected chi connectivity index (χ0v) is 14.6. The first-order chi connectivity index (χ1) is 10.2. The van der Waals surface area contributed by atoms with E-state index in [-0.39, 0.29) is 12.4 Å². The predicted molar refractivity (Wildman–Crippen MR) is 94.0 cm³/mol. The highest BCUT2D eigenvalue weighted by molar-refractivity contribution is 5.85. The van der Waals surface area contributed by atoms with Crippen molar-refractivity contribution < 1.29 is 4.74 Å². The normalized spacial score (nSPS) is 19.7. The number of ether oxygens (including phenoxy) is 1. The second-order valence-electron chi connectivity index (χ2n) is 6.71. The van der Waals surface area contributed by atoms with Gasteiger partial charge in [-0.3, -0.25) is 4.90 Å². The van der Waals surface area contributed by atoms with Crippen LogP contribution >= 0.6 is 12.4 Å². The second kappa shape index (κ2) is 8.19. The molecule has 1 aliphatic heterocycles. The molecule has 1 saturated carbocycles. The van der Waals surface area contributed by atoms with Crippen LogP contribution in [0.1, 0.15) is 36.8 Å². The van der Waals surface area contributed by atoms with Gasteiger partial charge in [0.2, 0.25) is 0 Å². The third kappa shape index (κ3) is 4.87. The number of halogens is 1. The summed E-state index contributed by atoms with van der Waals surface area (Å²) in [7, 11) is 1.75. The van der Waals surface area contributed by atoms with Crippen LogP contribution in [0.15, 0.2) is 18.2 Å². The molecular weight excluding hydrogens is 296 g/mol. The molecule has 0 aromatic heterocycles. The van der Waals surface area contributed by atoms with Gasteiger partial charge in [-0.25, -0.2) is 0 Å². The minimum atomic E-state index is 0. The van der Waals surface area contributed by atoms with Gasteiger partial charge in [0.25, 0.3) is 0 Å². The Bertz CT molecular complexity index is 468. The molecular formula is C18H29ClN2O. The Morgan fingerprint density at radius 1 is 1.18 bits per heavy atom. The van der Waals surface area contributed by atoms with Gasteiger partial charge < -0.3 is 10.1 Å². The molecule has 0 spiro atoms. The lowest BCUT2D eigenvalue weighted by molar-refractivity contribution is 0.190. The van der Waals surface area contributed by atoms with Gasteiger partial charge in [-0.2, -0.15) is 0 Å². The summed E-state index contributed by atoms with van der Waals surface area (Å²) >= 11 is 0. The molecule has 1 aliphatic carbocycles. The third-order valence-corrected chi connectivity index (χ3v) is 4.86. The SMILES string of the molecule is COc1cc(CN2CCC(NCC3CC3)CC2)ccc1C.Cl. The van der Waals surface area contributed by atoms with Crippen molar-refractivity contribution in [3.05, 3.63) is 29.3 Å². The number of methoxy groups -OCH3 is 1. The van der Waals surface area contributed by atoms with E-state index in [1.165, 1.54) is 56.4 Å². The zero-order valence-electron chi connectivity index (χ0n) is 13.8. The van der Waals surface area contributed by atoms with E-state index in [1.54, 1.807) is 7.11 Å². The summed E-state index contributed by atoms with van der Waals surface area (Å²) in [5.74, 6) is 2.00. The second-order valence-corrected chi connectivity index (χ2v) is 6.71. The Balaban J connectivity index is 0.00000176. The van der Waals surface area contributed by atoms with Crippen LogP contribution in [-0.4, -0.2) is 37.7 Å². The standard InChI is InChI=1S/C18H28N2O.ClH/c1-14-3-4-16(11-18(14)21-2)13-20-9-7-17(8-10-20)19-12-15-5-6-15;/h3-4,11,15,17,19H,5-10,12-13H2,1-2H3;1H. The first-order valence-electron chi connectivity index (χ1n) is 8.34. The van der Waals surface area contributed by atoms with E-state index in [2.05, 4.69) is 35.3 Å². The van der Waals surface area contributed by atoms with E-state index in [1.807, 2.05) is 0 Å². The minimum absolute atomic E-state index is 0. The van der Waals surface area contributed by atoms with Crippen LogP contribution in [0.5, 0.6) is 5.75 Å². The lowest BCUT2D eigenvalue weighted by Gasteiger charge is -2.32. The molecule has 124 valence electrons.